The first-order valence-corrected chi connectivity index (χ1v) is 11.3. The summed E-state index contributed by atoms with van der Waals surface area (Å²) in [6.07, 6.45) is 1.90. The molecule has 0 unspecified atom stereocenters. The third-order valence-electron chi connectivity index (χ3n) is 5.63. The molecular formula is C25H31F2N5O3. The number of ether oxygens (including phenoxy) is 1. The molecule has 0 radical (unpaired) electrons. The Morgan fingerprint density at radius 1 is 1.20 bits per heavy atom. The summed E-state index contributed by atoms with van der Waals surface area (Å²) < 4.78 is 35.2. The molecule has 1 heterocycles. The molecule has 0 fully saturated rings. The van der Waals surface area contributed by atoms with Crippen LogP contribution in [0.3, 0.4) is 0 Å². The topological polar surface area (TPSA) is 102 Å². The van der Waals surface area contributed by atoms with Crippen LogP contribution in [-0.4, -0.2) is 52.7 Å². The van der Waals surface area contributed by atoms with Gasteiger partial charge in [0.05, 0.1) is 17.3 Å². The van der Waals surface area contributed by atoms with Crippen LogP contribution in [-0.2, 0) is 11.3 Å². The number of hydrogen-bond acceptors (Lipinski definition) is 5. The van der Waals surface area contributed by atoms with Crippen molar-refractivity contribution in [2.75, 3.05) is 20.6 Å². The molecule has 3 rings (SSSR count). The highest BCUT2D eigenvalue weighted by molar-refractivity contribution is 6.03. The lowest BCUT2D eigenvalue weighted by atomic mass is 9.95. The Morgan fingerprint density at radius 2 is 1.91 bits per heavy atom. The van der Waals surface area contributed by atoms with Crippen LogP contribution in [0.4, 0.5) is 8.78 Å². The van der Waals surface area contributed by atoms with E-state index in [-0.39, 0.29) is 23.5 Å². The Balaban J connectivity index is 2.07. The molecule has 0 aliphatic heterocycles. The summed E-state index contributed by atoms with van der Waals surface area (Å²) in [7, 11) is 3.69. The first kappa shape index (κ1) is 26.1. The van der Waals surface area contributed by atoms with Crippen LogP contribution in [0, 0.1) is 17.6 Å². The first-order chi connectivity index (χ1) is 16.4. The van der Waals surface area contributed by atoms with Gasteiger partial charge >= 0.3 is 0 Å². The summed E-state index contributed by atoms with van der Waals surface area (Å²) >= 11 is 0. The number of fused-ring (bicyclic) bond motifs is 1. The van der Waals surface area contributed by atoms with Crippen molar-refractivity contribution in [3.63, 3.8) is 0 Å². The zero-order valence-corrected chi connectivity index (χ0v) is 20.6. The predicted molar refractivity (Wildman–Crippen MR) is 129 cm³/mol. The van der Waals surface area contributed by atoms with Crippen LogP contribution in [0.2, 0.25) is 0 Å². The fourth-order valence-corrected chi connectivity index (χ4v) is 3.55. The maximum absolute atomic E-state index is 14.3. The fourth-order valence-electron chi connectivity index (χ4n) is 3.55. The normalized spacial score (nSPS) is 13.3. The van der Waals surface area contributed by atoms with Gasteiger partial charge in [-0.25, -0.2) is 8.78 Å². The molecule has 0 bridgehead atoms. The lowest BCUT2D eigenvalue weighted by molar-refractivity contribution is -0.123. The third kappa shape index (κ3) is 6.13. The Hall–Kier alpha value is -3.53. The van der Waals surface area contributed by atoms with Gasteiger partial charge in [-0.2, -0.15) is 5.10 Å². The van der Waals surface area contributed by atoms with Crippen molar-refractivity contribution in [3.8, 4) is 11.5 Å². The smallest absolute Gasteiger partial charge is 0.255 e. The Labute approximate surface area is 203 Å². The van der Waals surface area contributed by atoms with Crippen molar-refractivity contribution < 1.29 is 23.1 Å². The highest BCUT2D eigenvalue weighted by Crippen LogP contribution is 2.32. The predicted octanol–water partition coefficient (Wildman–Crippen LogP) is 3.69. The van der Waals surface area contributed by atoms with Crippen LogP contribution < -0.4 is 15.8 Å². The maximum Gasteiger partial charge on any atom is 0.255 e. The average molecular weight is 488 g/mol. The number of primary amides is 1. The fraction of sp³-hybridized carbons (Fsp3) is 0.400. The van der Waals surface area contributed by atoms with E-state index < -0.39 is 29.0 Å². The van der Waals surface area contributed by atoms with Crippen molar-refractivity contribution in [1.29, 1.82) is 0 Å². The van der Waals surface area contributed by atoms with Crippen molar-refractivity contribution in [3.05, 3.63) is 53.7 Å². The number of nitrogens with zero attached hydrogens (tertiary/aromatic N) is 3. The molecule has 2 amide bonds. The minimum absolute atomic E-state index is 0.0315. The molecular weight excluding hydrogens is 456 g/mol. The van der Waals surface area contributed by atoms with Crippen LogP contribution in [0.25, 0.3) is 10.9 Å². The summed E-state index contributed by atoms with van der Waals surface area (Å²) in [6, 6.07) is 6.05. The van der Waals surface area contributed by atoms with E-state index in [1.807, 2.05) is 32.8 Å². The first-order valence-electron chi connectivity index (χ1n) is 11.3. The number of amides is 2. The van der Waals surface area contributed by atoms with Crippen LogP contribution in [0.15, 0.2) is 36.5 Å². The summed E-state index contributed by atoms with van der Waals surface area (Å²) in [6.45, 7) is 6.75. The molecule has 0 aliphatic rings. The van der Waals surface area contributed by atoms with Gasteiger partial charge in [-0.05, 0) is 57.6 Å². The van der Waals surface area contributed by atoms with Crippen LogP contribution in [0.5, 0.6) is 11.5 Å². The molecule has 3 aromatic rings. The lowest BCUT2D eigenvalue weighted by Crippen LogP contribution is -2.56. The highest BCUT2D eigenvalue weighted by atomic mass is 19.1. The summed E-state index contributed by atoms with van der Waals surface area (Å²) in [5.74, 6) is -2.91. The molecule has 1 aromatic heterocycles. The van der Waals surface area contributed by atoms with Crippen LogP contribution in [0.1, 0.15) is 37.6 Å². The number of halogens is 2. The van der Waals surface area contributed by atoms with Gasteiger partial charge in [0, 0.05) is 24.5 Å². The molecule has 0 saturated carbocycles. The molecule has 0 aliphatic carbocycles. The van der Waals surface area contributed by atoms with Crippen molar-refractivity contribution >= 4 is 22.7 Å². The second-order valence-electron chi connectivity index (χ2n) is 9.51. The van der Waals surface area contributed by atoms with Gasteiger partial charge in [-0.3, -0.25) is 14.3 Å². The van der Waals surface area contributed by atoms with Gasteiger partial charge in [-0.15, -0.1) is 0 Å². The molecule has 1 atom stereocenters. The quantitative estimate of drug-likeness (QED) is 0.454. The van der Waals surface area contributed by atoms with Gasteiger partial charge in [0.2, 0.25) is 5.91 Å². The van der Waals surface area contributed by atoms with Gasteiger partial charge in [0.15, 0.2) is 11.6 Å². The van der Waals surface area contributed by atoms with Crippen LogP contribution >= 0.6 is 0 Å². The van der Waals surface area contributed by atoms with Crippen molar-refractivity contribution in [2.24, 2.45) is 11.7 Å². The molecule has 0 saturated heterocycles. The van der Waals surface area contributed by atoms with E-state index in [0.29, 0.717) is 36.0 Å². The maximum atomic E-state index is 14.3. The number of hydrogen-bond donors (Lipinski definition) is 2. The van der Waals surface area contributed by atoms with E-state index in [2.05, 4.69) is 10.4 Å². The van der Waals surface area contributed by atoms with Crippen molar-refractivity contribution in [2.45, 2.75) is 39.3 Å². The third-order valence-corrected chi connectivity index (χ3v) is 5.63. The monoisotopic (exact) mass is 487 g/mol. The van der Waals surface area contributed by atoms with E-state index in [1.54, 1.807) is 29.9 Å². The van der Waals surface area contributed by atoms with Crippen molar-refractivity contribution in [1.82, 2.24) is 20.0 Å². The average Bonchev–Trinajstić information content (AvgIpc) is 3.14. The number of carbonyl (C=O) groups excluding carboxylic acids is 2. The zero-order chi connectivity index (χ0) is 25.9. The van der Waals surface area contributed by atoms with Gasteiger partial charge in [0.25, 0.3) is 5.91 Å². The lowest BCUT2D eigenvalue weighted by Gasteiger charge is -2.29. The van der Waals surface area contributed by atoms with E-state index in [0.717, 1.165) is 12.1 Å². The summed E-state index contributed by atoms with van der Waals surface area (Å²) in [5, 5.41) is 7.79. The van der Waals surface area contributed by atoms with Gasteiger partial charge < -0.3 is 20.7 Å². The van der Waals surface area contributed by atoms with E-state index in [1.165, 1.54) is 0 Å². The minimum atomic E-state index is -1.34. The van der Waals surface area contributed by atoms with E-state index in [9.17, 15) is 18.4 Å². The summed E-state index contributed by atoms with van der Waals surface area (Å²) in [4.78, 5) is 27.6. The second kappa shape index (κ2) is 10.4. The Kier molecular flexibility index (Phi) is 7.74. The number of carbonyl (C=O) groups is 2. The second-order valence-corrected chi connectivity index (χ2v) is 9.51. The molecule has 8 nitrogen and oxygen atoms in total. The van der Waals surface area contributed by atoms with Gasteiger partial charge in [-0.1, -0.05) is 13.8 Å². The Morgan fingerprint density at radius 3 is 2.51 bits per heavy atom. The number of aromatic nitrogens is 2. The van der Waals surface area contributed by atoms with E-state index >= 15 is 0 Å². The number of benzene rings is 2. The molecule has 35 heavy (non-hydrogen) atoms. The number of nitrogens with one attached hydrogen (secondary N) is 1. The molecule has 10 heteroatoms. The number of rotatable bonds is 10. The molecule has 188 valence electrons. The highest BCUT2D eigenvalue weighted by Gasteiger charge is 2.34. The van der Waals surface area contributed by atoms with Gasteiger partial charge in [0.1, 0.15) is 17.1 Å². The minimum Gasteiger partial charge on any atom is -0.453 e. The molecule has 0 spiro atoms. The van der Waals surface area contributed by atoms with E-state index in [4.69, 9.17) is 10.5 Å². The largest absolute Gasteiger partial charge is 0.453 e. The molecule has 3 N–H and O–H groups in total. The SMILES string of the molecule is CC(C)Cn1ncc2cc(Oc3ccc(F)cc3F)c(C(=O)N[C@@](C)(CCN(C)C)C(N)=O)cc21. The summed E-state index contributed by atoms with van der Waals surface area (Å²) in [5.41, 5.74) is 5.02. The standard InChI is InChI=1S/C25H31F2N5O3/c1-15(2)14-32-20-12-18(23(33)30-25(3,24(28)34)8-9-31(4)5)22(10-16(20)13-29-32)35-21-7-6-17(26)11-19(21)27/h6-7,10-13,15H,8-9,14H2,1-5H3,(H2,28,34)(H,30,33)/t25-/m0/s1. The zero-order valence-electron chi connectivity index (χ0n) is 20.6. The molecule has 2 aromatic carbocycles. The Bertz CT molecular complexity index is 1240. The number of nitrogens with two attached hydrogens (primary N) is 1.